The van der Waals surface area contributed by atoms with Crippen molar-refractivity contribution >= 4 is 28.2 Å². The molecule has 0 fully saturated rings. The standard InChI is InChI=1S/C22H18ClN3/c1-26(2)18-11-8-16(9-12-18)22-24-20-13-10-17(23)14-19(20)21(25-22)15-6-4-3-5-7-15/h3-14H,1-2H3. The van der Waals surface area contributed by atoms with E-state index in [0.717, 1.165) is 33.4 Å². The summed E-state index contributed by atoms with van der Waals surface area (Å²) in [5, 5.41) is 1.64. The van der Waals surface area contributed by atoms with Crippen molar-refractivity contribution in [2.75, 3.05) is 19.0 Å². The number of aromatic nitrogens is 2. The summed E-state index contributed by atoms with van der Waals surface area (Å²) in [6, 6.07) is 24.1. The molecule has 3 aromatic carbocycles. The quantitative estimate of drug-likeness (QED) is 0.471. The molecule has 1 heterocycles. The van der Waals surface area contributed by atoms with Crippen molar-refractivity contribution in [2.45, 2.75) is 0 Å². The summed E-state index contributed by atoms with van der Waals surface area (Å²) in [4.78, 5) is 11.7. The van der Waals surface area contributed by atoms with Crippen molar-refractivity contribution in [3.8, 4) is 22.6 Å². The van der Waals surface area contributed by atoms with Gasteiger partial charge in [0.15, 0.2) is 5.82 Å². The molecule has 0 saturated heterocycles. The molecule has 4 heteroatoms. The first-order chi connectivity index (χ1) is 12.6. The second kappa shape index (κ2) is 6.77. The van der Waals surface area contributed by atoms with Crippen LogP contribution in [0.4, 0.5) is 5.69 Å². The van der Waals surface area contributed by atoms with Crippen LogP contribution in [0.25, 0.3) is 33.5 Å². The molecular weight excluding hydrogens is 342 g/mol. The van der Waals surface area contributed by atoms with E-state index in [0.29, 0.717) is 10.8 Å². The minimum atomic E-state index is 0.682. The van der Waals surface area contributed by atoms with Crippen molar-refractivity contribution < 1.29 is 0 Å². The van der Waals surface area contributed by atoms with E-state index in [1.165, 1.54) is 0 Å². The van der Waals surface area contributed by atoms with Crippen molar-refractivity contribution in [1.82, 2.24) is 9.97 Å². The van der Waals surface area contributed by atoms with Crippen LogP contribution < -0.4 is 4.90 Å². The summed E-state index contributed by atoms with van der Waals surface area (Å²) in [7, 11) is 4.05. The lowest BCUT2D eigenvalue weighted by molar-refractivity contribution is 1.13. The van der Waals surface area contributed by atoms with Crippen LogP contribution in [0.2, 0.25) is 5.02 Å². The Morgan fingerprint density at radius 3 is 2.19 bits per heavy atom. The van der Waals surface area contributed by atoms with Gasteiger partial charge in [-0.1, -0.05) is 41.9 Å². The van der Waals surface area contributed by atoms with Crippen molar-refractivity contribution in [2.24, 2.45) is 0 Å². The lowest BCUT2D eigenvalue weighted by atomic mass is 10.1. The summed E-state index contributed by atoms with van der Waals surface area (Å²) in [5.41, 5.74) is 4.96. The van der Waals surface area contributed by atoms with Crippen molar-refractivity contribution in [1.29, 1.82) is 0 Å². The maximum Gasteiger partial charge on any atom is 0.160 e. The zero-order valence-electron chi connectivity index (χ0n) is 14.6. The zero-order chi connectivity index (χ0) is 18.1. The van der Waals surface area contributed by atoms with E-state index in [1.807, 2.05) is 50.5 Å². The minimum absolute atomic E-state index is 0.682. The highest BCUT2D eigenvalue weighted by atomic mass is 35.5. The fraction of sp³-hybridized carbons (Fsp3) is 0.0909. The summed E-state index contributed by atoms with van der Waals surface area (Å²) in [6.07, 6.45) is 0. The number of halogens is 1. The Bertz CT molecular complexity index is 1060. The van der Waals surface area contributed by atoms with Gasteiger partial charge in [0.2, 0.25) is 0 Å². The smallest absolute Gasteiger partial charge is 0.160 e. The van der Waals surface area contributed by atoms with Crippen LogP contribution in [-0.4, -0.2) is 24.1 Å². The van der Waals surface area contributed by atoms with Gasteiger partial charge in [0.25, 0.3) is 0 Å². The fourth-order valence-electron chi connectivity index (χ4n) is 2.95. The molecule has 0 unspecified atom stereocenters. The molecule has 0 radical (unpaired) electrons. The Labute approximate surface area is 157 Å². The first-order valence-electron chi connectivity index (χ1n) is 8.42. The molecule has 26 heavy (non-hydrogen) atoms. The van der Waals surface area contributed by atoms with Crippen molar-refractivity contribution in [3.05, 3.63) is 77.8 Å². The molecule has 0 atom stereocenters. The molecule has 0 aliphatic rings. The van der Waals surface area contributed by atoms with Gasteiger partial charge in [-0.25, -0.2) is 9.97 Å². The van der Waals surface area contributed by atoms with Gasteiger partial charge in [-0.2, -0.15) is 0 Å². The molecular formula is C22H18ClN3. The predicted molar refractivity (Wildman–Crippen MR) is 110 cm³/mol. The van der Waals surface area contributed by atoms with E-state index >= 15 is 0 Å². The third-order valence-electron chi connectivity index (χ3n) is 4.35. The first kappa shape index (κ1) is 16.6. The molecule has 128 valence electrons. The molecule has 0 spiro atoms. The van der Waals surface area contributed by atoms with E-state index in [4.69, 9.17) is 21.6 Å². The van der Waals surface area contributed by atoms with Crippen LogP contribution in [0.3, 0.4) is 0 Å². The molecule has 0 bridgehead atoms. The largest absolute Gasteiger partial charge is 0.378 e. The summed E-state index contributed by atoms with van der Waals surface area (Å²) in [6.45, 7) is 0. The number of fused-ring (bicyclic) bond motifs is 1. The summed E-state index contributed by atoms with van der Waals surface area (Å²) >= 11 is 6.22. The highest BCUT2D eigenvalue weighted by Gasteiger charge is 2.12. The normalized spacial score (nSPS) is 10.9. The number of nitrogens with zero attached hydrogens (tertiary/aromatic N) is 3. The Morgan fingerprint density at radius 2 is 1.50 bits per heavy atom. The Balaban J connectivity index is 1.93. The summed E-state index contributed by atoms with van der Waals surface area (Å²) in [5.74, 6) is 0.712. The Hall–Kier alpha value is -2.91. The number of benzene rings is 3. The number of hydrogen-bond donors (Lipinski definition) is 0. The van der Waals surface area contributed by atoms with Crippen LogP contribution in [0, 0.1) is 0 Å². The zero-order valence-corrected chi connectivity index (χ0v) is 15.4. The molecule has 0 N–H and O–H groups in total. The Kier molecular flexibility index (Phi) is 4.31. The van der Waals surface area contributed by atoms with Crippen LogP contribution in [0.1, 0.15) is 0 Å². The van der Waals surface area contributed by atoms with Crippen LogP contribution in [0.15, 0.2) is 72.8 Å². The van der Waals surface area contributed by atoms with Gasteiger partial charge in [0, 0.05) is 41.3 Å². The maximum atomic E-state index is 6.22. The van der Waals surface area contributed by atoms with Gasteiger partial charge in [0.1, 0.15) is 0 Å². The van der Waals surface area contributed by atoms with E-state index in [2.05, 4.69) is 41.3 Å². The summed E-state index contributed by atoms with van der Waals surface area (Å²) < 4.78 is 0. The van der Waals surface area contributed by atoms with Crippen LogP contribution in [0.5, 0.6) is 0 Å². The van der Waals surface area contributed by atoms with Crippen molar-refractivity contribution in [3.63, 3.8) is 0 Å². The second-order valence-electron chi connectivity index (χ2n) is 6.36. The topological polar surface area (TPSA) is 29.0 Å². The average molecular weight is 360 g/mol. The highest BCUT2D eigenvalue weighted by Crippen LogP contribution is 2.31. The molecule has 0 amide bonds. The van der Waals surface area contributed by atoms with E-state index < -0.39 is 0 Å². The van der Waals surface area contributed by atoms with Gasteiger partial charge < -0.3 is 4.90 Å². The number of anilines is 1. The molecule has 0 aliphatic carbocycles. The van der Waals surface area contributed by atoms with Gasteiger partial charge >= 0.3 is 0 Å². The third-order valence-corrected chi connectivity index (χ3v) is 4.58. The molecule has 4 rings (SSSR count). The number of rotatable bonds is 3. The lowest BCUT2D eigenvalue weighted by Crippen LogP contribution is -2.08. The number of hydrogen-bond acceptors (Lipinski definition) is 3. The molecule has 0 aliphatic heterocycles. The minimum Gasteiger partial charge on any atom is -0.378 e. The highest BCUT2D eigenvalue weighted by molar-refractivity contribution is 6.31. The monoisotopic (exact) mass is 359 g/mol. The first-order valence-corrected chi connectivity index (χ1v) is 8.80. The van der Waals surface area contributed by atoms with Gasteiger partial charge in [-0.05, 0) is 42.5 Å². The maximum absolute atomic E-state index is 6.22. The molecule has 1 aromatic heterocycles. The van der Waals surface area contributed by atoms with Gasteiger partial charge in [-0.15, -0.1) is 0 Å². The Morgan fingerprint density at radius 1 is 0.769 bits per heavy atom. The van der Waals surface area contributed by atoms with Gasteiger partial charge in [0.05, 0.1) is 11.2 Å². The van der Waals surface area contributed by atoms with E-state index in [9.17, 15) is 0 Å². The predicted octanol–water partition coefficient (Wildman–Crippen LogP) is 5.68. The van der Waals surface area contributed by atoms with Crippen LogP contribution >= 0.6 is 11.6 Å². The molecule has 0 saturated carbocycles. The fourth-order valence-corrected chi connectivity index (χ4v) is 3.13. The molecule has 4 aromatic rings. The van der Waals surface area contributed by atoms with E-state index in [-0.39, 0.29) is 0 Å². The SMILES string of the molecule is CN(C)c1ccc(-c2nc(-c3ccccc3)c3cc(Cl)ccc3n2)cc1. The third kappa shape index (κ3) is 3.14. The second-order valence-corrected chi connectivity index (χ2v) is 6.80. The van der Waals surface area contributed by atoms with E-state index in [1.54, 1.807) is 0 Å². The average Bonchev–Trinajstić information content (AvgIpc) is 2.68. The van der Waals surface area contributed by atoms with Gasteiger partial charge in [-0.3, -0.25) is 0 Å². The van der Waals surface area contributed by atoms with Crippen LogP contribution in [-0.2, 0) is 0 Å². The molecule has 3 nitrogen and oxygen atoms in total. The lowest BCUT2D eigenvalue weighted by Gasteiger charge is -2.13.